The number of hydrogen-bond acceptors (Lipinski definition) is 0. The van der Waals surface area contributed by atoms with Gasteiger partial charge in [0.15, 0.2) is 0 Å². The maximum atomic E-state index is 2.45. The van der Waals surface area contributed by atoms with Crippen LogP contribution >= 0.6 is 0 Å². The lowest BCUT2D eigenvalue weighted by Crippen LogP contribution is -2.07. The van der Waals surface area contributed by atoms with E-state index in [0.717, 1.165) is 23.2 Å². The highest BCUT2D eigenvalue weighted by atomic mass is 14.8. The van der Waals surface area contributed by atoms with Gasteiger partial charge in [0.1, 0.15) is 0 Å². The lowest BCUT2D eigenvalue weighted by Gasteiger charge is -2.15. The summed E-state index contributed by atoms with van der Waals surface area (Å²) in [5, 5.41) is 0. The highest BCUT2D eigenvalue weighted by Gasteiger charge is 2.77. The van der Waals surface area contributed by atoms with E-state index < -0.39 is 0 Å². The third-order valence-electron chi connectivity index (χ3n) is 4.09. The number of rotatable bonds is 3. The second-order valence-electron chi connectivity index (χ2n) is 4.40. The quantitative estimate of drug-likeness (QED) is 0.562. The highest BCUT2D eigenvalue weighted by Crippen LogP contribution is 2.83. The van der Waals surface area contributed by atoms with Gasteiger partial charge in [-0.25, -0.2) is 0 Å². The summed E-state index contributed by atoms with van der Waals surface area (Å²) in [6.45, 7) is 7.19. The van der Waals surface area contributed by atoms with Crippen LogP contribution in [0.1, 0.15) is 40.0 Å². The van der Waals surface area contributed by atoms with Crippen LogP contribution in [0.25, 0.3) is 0 Å². The average molecular weight is 138 g/mol. The zero-order chi connectivity index (χ0) is 7.35. The Morgan fingerprint density at radius 3 is 2.50 bits per heavy atom. The van der Waals surface area contributed by atoms with Crippen molar-refractivity contribution in [1.29, 1.82) is 0 Å². The van der Waals surface area contributed by atoms with Gasteiger partial charge in [-0.2, -0.15) is 0 Å². The molecule has 0 N–H and O–H groups in total. The van der Waals surface area contributed by atoms with Crippen LogP contribution < -0.4 is 0 Å². The summed E-state index contributed by atoms with van der Waals surface area (Å²) in [5.74, 6) is 3.28. The summed E-state index contributed by atoms with van der Waals surface area (Å²) in [4.78, 5) is 0. The van der Waals surface area contributed by atoms with E-state index >= 15 is 0 Å². The summed E-state index contributed by atoms with van der Waals surface area (Å²) in [7, 11) is 0. The predicted molar refractivity (Wildman–Crippen MR) is 43.8 cm³/mol. The molecule has 58 valence electrons. The highest BCUT2D eigenvalue weighted by molar-refractivity contribution is 5.25. The maximum Gasteiger partial charge on any atom is -0.0209 e. The Bertz CT molecular complexity index is 144. The van der Waals surface area contributed by atoms with E-state index in [4.69, 9.17) is 0 Å². The Labute approximate surface area is 64.0 Å². The Morgan fingerprint density at radius 1 is 1.60 bits per heavy atom. The van der Waals surface area contributed by atoms with Gasteiger partial charge in [0.2, 0.25) is 0 Å². The summed E-state index contributed by atoms with van der Waals surface area (Å²) in [5.41, 5.74) is 0.885. The van der Waals surface area contributed by atoms with Crippen LogP contribution in [0.4, 0.5) is 0 Å². The molecule has 0 radical (unpaired) electrons. The summed E-state index contributed by atoms with van der Waals surface area (Å²) in [6.07, 6.45) is 4.40. The van der Waals surface area contributed by atoms with Crippen LogP contribution in [0, 0.1) is 23.2 Å². The Hall–Kier alpha value is 0. The molecule has 0 bridgehead atoms. The molecule has 0 aliphatic heterocycles. The van der Waals surface area contributed by atoms with Crippen LogP contribution in [0.3, 0.4) is 0 Å². The minimum atomic E-state index is 0.885. The van der Waals surface area contributed by atoms with Gasteiger partial charge in [-0.05, 0) is 29.6 Å². The van der Waals surface area contributed by atoms with E-state index in [2.05, 4.69) is 20.8 Å². The average Bonchev–Trinajstić information content (AvgIpc) is 2.73. The summed E-state index contributed by atoms with van der Waals surface area (Å²) >= 11 is 0. The Balaban J connectivity index is 1.89. The van der Waals surface area contributed by atoms with Crippen molar-refractivity contribution in [2.75, 3.05) is 0 Å². The predicted octanol–water partition coefficient (Wildman–Crippen LogP) is 3.08. The van der Waals surface area contributed by atoms with Crippen molar-refractivity contribution in [3.63, 3.8) is 0 Å². The molecule has 2 fully saturated rings. The molecule has 4 unspecified atom stereocenters. The van der Waals surface area contributed by atoms with Crippen LogP contribution in [0.5, 0.6) is 0 Å². The van der Waals surface area contributed by atoms with Crippen molar-refractivity contribution >= 4 is 0 Å². The fourth-order valence-electron chi connectivity index (χ4n) is 3.00. The molecule has 0 aromatic heterocycles. The molecular weight excluding hydrogens is 120 g/mol. The molecule has 4 atom stereocenters. The standard InChI is InChI=1S/C10H18/c1-4-5-7(2)10-6-9(10)8(10)3/h7-9H,4-6H2,1-3H3. The zero-order valence-corrected chi connectivity index (χ0v) is 7.35. The molecule has 2 aliphatic carbocycles. The molecule has 0 amide bonds. The van der Waals surface area contributed by atoms with Crippen LogP contribution in [0.2, 0.25) is 0 Å². The van der Waals surface area contributed by atoms with Crippen molar-refractivity contribution in [2.45, 2.75) is 40.0 Å². The molecule has 2 saturated carbocycles. The Kier molecular flexibility index (Phi) is 1.19. The molecule has 10 heavy (non-hydrogen) atoms. The molecule has 0 spiro atoms. The number of fused-ring (bicyclic) bond motifs is 1. The van der Waals surface area contributed by atoms with E-state index in [-0.39, 0.29) is 0 Å². The minimum Gasteiger partial charge on any atom is -0.0654 e. The molecule has 0 heterocycles. The van der Waals surface area contributed by atoms with E-state index in [9.17, 15) is 0 Å². The molecule has 0 aromatic carbocycles. The van der Waals surface area contributed by atoms with Gasteiger partial charge >= 0.3 is 0 Å². The van der Waals surface area contributed by atoms with Gasteiger partial charge in [0.25, 0.3) is 0 Å². The first kappa shape index (κ1) is 6.69. The Morgan fingerprint density at radius 2 is 2.20 bits per heavy atom. The first-order valence-electron chi connectivity index (χ1n) is 4.73. The SMILES string of the molecule is CCCC(C)C12CC1C2C. The summed E-state index contributed by atoms with van der Waals surface area (Å²) in [6, 6.07) is 0. The molecule has 0 aromatic rings. The first-order chi connectivity index (χ1) is 4.73. The molecule has 2 aliphatic rings. The number of hydrogen-bond donors (Lipinski definition) is 0. The smallest absolute Gasteiger partial charge is 0.0209 e. The topological polar surface area (TPSA) is 0 Å². The van der Waals surface area contributed by atoms with E-state index in [1.165, 1.54) is 12.8 Å². The van der Waals surface area contributed by atoms with Crippen LogP contribution in [0.15, 0.2) is 0 Å². The van der Waals surface area contributed by atoms with Crippen molar-refractivity contribution in [3.8, 4) is 0 Å². The second-order valence-corrected chi connectivity index (χ2v) is 4.40. The maximum absolute atomic E-state index is 2.45. The van der Waals surface area contributed by atoms with Crippen LogP contribution in [-0.4, -0.2) is 0 Å². The van der Waals surface area contributed by atoms with Crippen molar-refractivity contribution in [3.05, 3.63) is 0 Å². The lowest BCUT2D eigenvalue weighted by atomic mass is 9.90. The fourth-order valence-corrected chi connectivity index (χ4v) is 3.00. The largest absolute Gasteiger partial charge is 0.0654 e. The zero-order valence-electron chi connectivity index (χ0n) is 7.35. The molecule has 2 rings (SSSR count). The molecule has 0 saturated heterocycles. The van der Waals surface area contributed by atoms with Gasteiger partial charge in [-0.3, -0.25) is 0 Å². The van der Waals surface area contributed by atoms with Gasteiger partial charge in [-0.15, -0.1) is 0 Å². The van der Waals surface area contributed by atoms with Gasteiger partial charge < -0.3 is 0 Å². The van der Waals surface area contributed by atoms with Gasteiger partial charge in [0, 0.05) is 0 Å². The third kappa shape index (κ3) is 0.580. The molecular formula is C10H18. The van der Waals surface area contributed by atoms with E-state index in [1.54, 1.807) is 6.42 Å². The normalized spacial score (nSPS) is 51.9. The van der Waals surface area contributed by atoms with Crippen molar-refractivity contribution < 1.29 is 0 Å². The third-order valence-corrected chi connectivity index (χ3v) is 4.09. The van der Waals surface area contributed by atoms with Gasteiger partial charge in [0.05, 0.1) is 0 Å². The lowest BCUT2D eigenvalue weighted by molar-refractivity contribution is 0.343. The van der Waals surface area contributed by atoms with Crippen molar-refractivity contribution in [2.24, 2.45) is 23.2 Å². The molecule has 0 heteroatoms. The van der Waals surface area contributed by atoms with Gasteiger partial charge in [-0.1, -0.05) is 33.6 Å². The second kappa shape index (κ2) is 1.78. The van der Waals surface area contributed by atoms with E-state index in [1.807, 2.05) is 0 Å². The first-order valence-corrected chi connectivity index (χ1v) is 4.73. The summed E-state index contributed by atoms with van der Waals surface area (Å²) < 4.78 is 0. The monoisotopic (exact) mass is 138 g/mol. The molecule has 0 nitrogen and oxygen atoms in total. The van der Waals surface area contributed by atoms with Crippen molar-refractivity contribution in [1.82, 2.24) is 0 Å². The van der Waals surface area contributed by atoms with E-state index in [0.29, 0.717) is 0 Å². The minimum absolute atomic E-state index is 0.885. The van der Waals surface area contributed by atoms with Crippen LogP contribution in [-0.2, 0) is 0 Å². The fraction of sp³-hybridized carbons (Fsp3) is 1.00.